The maximum atomic E-state index is 13.0. The number of hydrogen-bond acceptors (Lipinski definition) is 10. The number of carbonyl (C=O) groups is 3. The molecule has 1 aromatic carbocycles. The van der Waals surface area contributed by atoms with Gasteiger partial charge in [-0.15, -0.1) is 0 Å². The zero-order valence-electron chi connectivity index (χ0n) is 21.3. The van der Waals surface area contributed by atoms with Crippen LogP contribution >= 0.6 is 0 Å². The molecule has 0 aliphatic carbocycles. The Kier molecular flexibility index (Phi) is 7.58. The fourth-order valence-corrected chi connectivity index (χ4v) is 4.98. The number of rotatable bonds is 7. The molecule has 0 unspecified atom stereocenters. The van der Waals surface area contributed by atoms with E-state index in [1.165, 1.54) is 23.4 Å². The lowest BCUT2D eigenvalue weighted by atomic mass is 10.1. The highest BCUT2D eigenvalue weighted by atomic mass is 16.6. The lowest BCUT2D eigenvalue weighted by molar-refractivity contribution is -0.202. The smallest absolute Gasteiger partial charge is 0.351 e. The average Bonchev–Trinajstić information content (AvgIpc) is 3.55. The second-order valence-corrected chi connectivity index (χ2v) is 9.64. The molecule has 14 heteroatoms. The lowest BCUT2D eigenvalue weighted by Crippen LogP contribution is -2.47. The van der Waals surface area contributed by atoms with E-state index in [9.17, 15) is 34.5 Å². The van der Waals surface area contributed by atoms with E-state index in [1.807, 2.05) is 6.07 Å². The molecule has 2 aliphatic rings. The third-order valence-corrected chi connectivity index (χ3v) is 7.04. The van der Waals surface area contributed by atoms with E-state index in [4.69, 9.17) is 4.74 Å². The summed E-state index contributed by atoms with van der Waals surface area (Å²) in [5.74, 6) is -3.77. The van der Waals surface area contributed by atoms with Gasteiger partial charge in [-0.25, -0.2) is 4.79 Å². The first-order valence-corrected chi connectivity index (χ1v) is 12.7. The Balaban J connectivity index is 1.20. The second kappa shape index (κ2) is 11.1. The van der Waals surface area contributed by atoms with Gasteiger partial charge in [0.25, 0.3) is 5.91 Å². The average molecular weight is 553 g/mol. The van der Waals surface area contributed by atoms with Crippen LogP contribution < -0.4 is 16.3 Å². The normalized spacial score (nSPS) is 21.9. The fourth-order valence-electron chi connectivity index (χ4n) is 4.98. The number of anilines is 1. The van der Waals surface area contributed by atoms with Crippen LogP contribution in [-0.2, 0) is 14.3 Å². The van der Waals surface area contributed by atoms with Crippen molar-refractivity contribution in [3.63, 3.8) is 0 Å². The Morgan fingerprint density at radius 2 is 1.95 bits per heavy atom. The summed E-state index contributed by atoms with van der Waals surface area (Å²) in [4.78, 5) is 60.7. The molecule has 3 aromatic rings. The quantitative estimate of drug-likeness (QED) is 0.229. The van der Waals surface area contributed by atoms with Gasteiger partial charge in [-0.1, -0.05) is 18.2 Å². The third-order valence-electron chi connectivity index (χ3n) is 7.04. The van der Waals surface area contributed by atoms with Crippen LogP contribution in [0.1, 0.15) is 35.8 Å². The number of nitrogens with zero attached hydrogens (tertiary/aromatic N) is 4. The van der Waals surface area contributed by atoms with E-state index < -0.39 is 54.2 Å². The summed E-state index contributed by atoms with van der Waals surface area (Å²) < 4.78 is 6.35. The van der Waals surface area contributed by atoms with Crippen molar-refractivity contribution in [2.24, 2.45) is 0 Å². The minimum absolute atomic E-state index is 0.0561. The highest BCUT2D eigenvalue weighted by Gasteiger charge is 2.47. The number of aliphatic hydroxyl groups is 3. The molecule has 3 atom stereocenters. The summed E-state index contributed by atoms with van der Waals surface area (Å²) in [5, 5.41) is 34.9. The molecule has 0 spiro atoms. The largest absolute Gasteiger partial charge is 0.393 e. The topological polar surface area (TPSA) is 196 Å². The predicted molar refractivity (Wildman–Crippen MR) is 139 cm³/mol. The molecule has 2 aliphatic heterocycles. The molecular formula is C26H28N6O8. The minimum atomic E-state index is -2.31. The van der Waals surface area contributed by atoms with E-state index in [-0.39, 0.29) is 18.8 Å². The van der Waals surface area contributed by atoms with Crippen molar-refractivity contribution in [1.82, 2.24) is 24.8 Å². The van der Waals surface area contributed by atoms with Gasteiger partial charge in [0.15, 0.2) is 5.79 Å². The number of ether oxygens (including phenoxy) is 1. The van der Waals surface area contributed by atoms with Crippen molar-refractivity contribution in [3.05, 3.63) is 64.8 Å². The van der Waals surface area contributed by atoms with Crippen LogP contribution in [0.2, 0.25) is 0 Å². The first-order valence-electron chi connectivity index (χ1n) is 12.7. The summed E-state index contributed by atoms with van der Waals surface area (Å²) in [6, 6.07) is 9.25. The molecule has 2 aromatic heterocycles. The van der Waals surface area contributed by atoms with Crippen molar-refractivity contribution in [3.8, 4) is 0 Å². The highest BCUT2D eigenvalue weighted by molar-refractivity contribution is 6.07. The number of hydrogen-bond donors (Lipinski definition) is 5. The molecule has 2 saturated heterocycles. The van der Waals surface area contributed by atoms with Gasteiger partial charge in [0.2, 0.25) is 11.8 Å². The standard InChI is InChI=1S/C26H28N6O8/c33-14-19-26(38,39)12-22(40-19)32-11-8-20(30-25(32)37)29-24(36)18-6-3-10-31(18)21(34)13-28-23(35)16-7-9-27-17-5-2-1-4-15(16)17/h1-2,4-5,7-9,11,18-19,22,33,38-39H,3,6,10,12-14H2,(H,28,35)(H,29,30,36,37)/t18-,19+,22+/m0/s1. The summed E-state index contributed by atoms with van der Waals surface area (Å²) in [5.41, 5.74) is 0.218. The van der Waals surface area contributed by atoms with Gasteiger partial charge >= 0.3 is 5.69 Å². The van der Waals surface area contributed by atoms with E-state index in [2.05, 4.69) is 20.6 Å². The predicted octanol–water partition coefficient (Wildman–Crippen LogP) is -0.888. The molecule has 5 rings (SSSR count). The molecule has 5 N–H and O–H groups in total. The van der Waals surface area contributed by atoms with Crippen LogP contribution in [-0.4, -0.2) is 90.1 Å². The number of amides is 3. The van der Waals surface area contributed by atoms with Gasteiger partial charge in [0.1, 0.15) is 24.2 Å². The molecule has 210 valence electrons. The molecule has 2 fully saturated rings. The SMILES string of the molecule is O=C(NCC(=O)N1CCC[C@H]1C(=O)Nc1ccn([C@H]2CC(O)(O)[C@@H](CO)O2)c(=O)n1)c1ccnc2ccccc12. The van der Waals surface area contributed by atoms with E-state index in [0.717, 1.165) is 4.57 Å². The number of aliphatic hydroxyl groups excluding tert-OH is 1. The van der Waals surface area contributed by atoms with Gasteiger partial charge < -0.3 is 35.6 Å². The number of aromatic nitrogens is 3. The summed E-state index contributed by atoms with van der Waals surface area (Å²) in [7, 11) is 0. The molecule has 0 bridgehead atoms. The zero-order chi connectivity index (χ0) is 28.4. The Bertz CT molecular complexity index is 1500. The van der Waals surface area contributed by atoms with Gasteiger partial charge in [-0.2, -0.15) is 4.98 Å². The monoisotopic (exact) mass is 552 g/mol. The number of nitrogens with one attached hydrogen (secondary N) is 2. The van der Waals surface area contributed by atoms with Gasteiger partial charge in [-0.3, -0.25) is 23.9 Å². The first-order chi connectivity index (χ1) is 19.2. The van der Waals surface area contributed by atoms with Crippen molar-refractivity contribution < 1.29 is 34.4 Å². The highest BCUT2D eigenvalue weighted by Crippen LogP contribution is 2.34. The fraction of sp³-hybridized carbons (Fsp3) is 0.385. The maximum absolute atomic E-state index is 13.0. The number of fused-ring (bicyclic) bond motifs is 1. The number of carbonyl (C=O) groups excluding carboxylic acids is 3. The van der Waals surface area contributed by atoms with Crippen molar-refractivity contribution >= 4 is 34.4 Å². The Labute approximate surface area is 227 Å². The first kappa shape index (κ1) is 27.3. The molecule has 14 nitrogen and oxygen atoms in total. The summed E-state index contributed by atoms with van der Waals surface area (Å²) in [6.07, 6.45) is 1.05. The number of benzene rings is 1. The maximum Gasteiger partial charge on any atom is 0.351 e. The number of likely N-dealkylation sites (tertiary alicyclic amines) is 1. The molecule has 3 amide bonds. The van der Waals surface area contributed by atoms with Gasteiger partial charge in [0, 0.05) is 30.7 Å². The molecule has 0 saturated carbocycles. The lowest BCUT2D eigenvalue weighted by Gasteiger charge is -2.24. The Morgan fingerprint density at radius 1 is 1.15 bits per heavy atom. The van der Waals surface area contributed by atoms with Crippen molar-refractivity contribution in [1.29, 1.82) is 0 Å². The van der Waals surface area contributed by atoms with E-state index >= 15 is 0 Å². The zero-order valence-corrected chi connectivity index (χ0v) is 21.3. The van der Waals surface area contributed by atoms with Crippen LogP contribution in [0.3, 0.4) is 0 Å². The second-order valence-electron chi connectivity index (χ2n) is 9.64. The Morgan fingerprint density at radius 3 is 2.70 bits per heavy atom. The molecule has 4 heterocycles. The molecule has 40 heavy (non-hydrogen) atoms. The third kappa shape index (κ3) is 5.42. The van der Waals surface area contributed by atoms with E-state index in [1.54, 1.807) is 24.3 Å². The summed E-state index contributed by atoms with van der Waals surface area (Å²) in [6.45, 7) is -0.628. The number of para-hydroxylation sites is 1. The van der Waals surface area contributed by atoms with E-state index in [0.29, 0.717) is 35.9 Å². The van der Waals surface area contributed by atoms with Crippen LogP contribution in [0.15, 0.2) is 53.6 Å². The molecule has 0 radical (unpaired) electrons. The van der Waals surface area contributed by atoms with Crippen LogP contribution in [0, 0.1) is 0 Å². The van der Waals surface area contributed by atoms with Crippen LogP contribution in [0.4, 0.5) is 5.82 Å². The van der Waals surface area contributed by atoms with Crippen molar-refractivity contribution in [2.75, 3.05) is 25.0 Å². The number of pyridine rings is 1. The van der Waals surface area contributed by atoms with Gasteiger partial charge in [-0.05, 0) is 31.0 Å². The minimum Gasteiger partial charge on any atom is -0.393 e. The molecular weight excluding hydrogens is 524 g/mol. The van der Waals surface area contributed by atoms with Crippen LogP contribution in [0.5, 0.6) is 0 Å². The summed E-state index contributed by atoms with van der Waals surface area (Å²) >= 11 is 0. The van der Waals surface area contributed by atoms with Crippen LogP contribution in [0.25, 0.3) is 10.9 Å². The van der Waals surface area contributed by atoms with Crippen molar-refractivity contribution in [2.45, 2.75) is 43.4 Å². The van der Waals surface area contributed by atoms with Gasteiger partial charge in [0.05, 0.1) is 24.2 Å². The Hall–Kier alpha value is -4.24.